The molecule has 4 heteroatoms. The normalized spacial score (nSPS) is 14.3. The van der Waals surface area contributed by atoms with E-state index in [0.29, 0.717) is 10.4 Å². The molecule has 1 aliphatic rings. The molecular weight excluding hydrogens is 254 g/mol. The van der Waals surface area contributed by atoms with Crippen molar-refractivity contribution in [2.24, 2.45) is 11.1 Å². The van der Waals surface area contributed by atoms with Crippen LogP contribution in [0.25, 0.3) is 0 Å². The van der Waals surface area contributed by atoms with E-state index in [2.05, 4.69) is 32.2 Å². The van der Waals surface area contributed by atoms with Gasteiger partial charge in [-0.25, -0.2) is 4.98 Å². The molecule has 0 saturated heterocycles. The summed E-state index contributed by atoms with van der Waals surface area (Å²) in [5, 5.41) is 3.40. The Morgan fingerprint density at radius 2 is 2.16 bits per heavy atom. The second kappa shape index (κ2) is 5.45. The highest BCUT2D eigenvalue weighted by molar-refractivity contribution is 7.80. The van der Waals surface area contributed by atoms with E-state index in [-0.39, 0.29) is 0 Å². The minimum absolute atomic E-state index is 0.313. The van der Waals surface area contributed by atoms with Gasteiger partial charge in [-0.3, -0.25) is 0 Å². The molecule has 0 saturated carbocycles. The molecule has 19 heavy (non-hydrogen) atoms. The van der Waals surface area contributed by atoms with Crippen LogP contribution in [-0.2, 0) is 12.8 Å². The Hall–Kier alpha value is -1.16. The van der Waals surface area contributed by atoms with Crippen molar-refractivity contribution in [2.75, 3.05) is 11.9 Å². The van der Waals surface area contributed by atoms with Crippen molar-refractivity contribution in [3.63, 3.8) is 0 Å². The molecule has 0 amide bonds. The number of aromatic nitrogens is 1. The van der Waals surface area contributed by atoms with Crippen molar-refractivity contribution in [1.82, 2.24) is 4.98 Å². The molecule has 0 bridgehead atoms. The van der Waals surface area contributed by atoms with Gasteiger partial charge in [0, 0.05) is 12.2 Å². The third-order valence-corrected chi connectivity index (χ3v) is 3.70. The summed E-state index contributed by atoms with van der Waals surface area (Å²) in [6.45, 7) is 7.60. The molecule has 0 atom stereocenters. The largest absolute Gasteiger partial charge is 0.389 e. The van der Waals surface area contributed by atoms with Crippen LogP contribution in [0.15, 0.2) is 6.07 Å². The number of anilines is 1. The maximum Gasteiger partial charge on any atom is 0.136 e. The molecule has 1 aromatic heterocycles. The fourth-order valence-corrected chi connectivity index (χ4v) is 2.51. The number of hydrogen-bond donors (Lipinski definition) is 2. The second-order valence-electron chi connectivity index (χ2n) is 6.45. The summed E-state index contributed by atoms with van der Waals surface area (Å²) in [5.41, 5.74) is 9.54. The summed E-state index contributed by atoms with van der Waals surface area (Å²) < 4.78 is 0. The third kappa shape index (κ3) is 3.66. The van der Waals surface area contributed by atoms with Crippen molar-refractivity contribution < 1.29 is 0 Å². The van der Waals surface area contributed by atoms with E-state index in [4.69, 9.17) is 22.9 Å². The average Bonchev–Trinajstić information content (AvgIpc) is 2.72. The predicted molar refractivity (Wildman–Crippen MR) is 84.7 cm³/mol. The molecule has 1 aliphatic carbocycles. The molecule has 2 rings (SSSR count). The number of thiocarbonyl (C=S) groups is 1. The first-order chi connectivity index (χ1) is 8.87. The van der Waals surface area contributed by atoms with Gasteiger partial charge in [-0.15, -0.1) is 0 Å². The van der Waals surface area contributed by atoms with E-state index in [1.54, 1.807) is 0 Å². The SMILES string of the molecule is CC(C)(C)CCNc1nc2c(cc1C(N)=S)CCC2. The van der Waals surface area contributed by atoms with Crippen molar-refractivity contribution in [1.29, 1.82) is 0 Å². The van der Waals surface area contributed by atoms with E-state index in [0.717, 1.165) is 37.2 Å². The van der Waals surface area contributed by atoms with Gasteiger partial charge in [0.2, 0.25) is 0 Å². The highest BCUT2D eigenvalue weighted by atomic mass is 32.1. The molecule has 1 aromatic rings. The number of aryl methyl sites for hydroxylation is 2. The third-order valence-electron chi connectivity index (χ3n) is 3.48. The highest BCUT2D eigenvalue weighted by Gasteiger charge is 2.18. The van der Waals surface area contributed by atoms with Crippen LogP contribution < -0.4 is 11.1 Å². The molecular formula is C15H23N3S. The van der Waals surface area contributed by atoms with Gasteiger partial charge >= 0.3 is 0 Å². The Morgan fingerprint density at radius 1 is 1.42 bits per heavy atom. The molecule has 0 aromatic carbocycles. The van der Waals surface area contributed by atoms with Crippen LogP contribution in [0.2, 0.25) is 0 Å². The minimum Gasteiger partial charge on any atom is -0.389 e. The smallest absolute Gasteiger partial charge is 0.136 e. The number of pyridine rings is 1. The van der Waals surface area contributed by atoms with Crippen molar-refractivity contribution >= 4 is 23.0 Å². The van der Waals surface area contributed by atoms with Gasteiger partial charge in [0.1, 0.15) is 10.8 Å². The quantitative estimate of drug-likeness (QED) is 0.831. The Kier molecular flexibility index (Phi) is 4.09. The fourth-order valence-electron chi connectivity index (χ4n) is 2.35. The molecule has 104 valence electrons. The molecule has 3 N–H and O–H groups in total. The van der Waals surface area contributed by atoms with Crippen LogP contribution in [0, 0.1) is 5.41 Å². The molecule has 0 fully saturated rings. The molecule has 0 radical (unpaired) electrons. The Morgan fingerprint density at radius 3 is 2.79 bits per heavy atom. The minimum atomic E-state index is 0.313. The maximum absolute atomic E-state index is 5.82. The van der Waals surface area contributed by atoms with Gasteiger partial charge in [0.05, 0.1) is 5.56 Å². The Labute approximate surface area is 121 Å². The zero-order chi connectivity index (χ0) is 14.0. The lowest BCUT2D eigenvalue weighted by molar-refractivity contribution is 0.389. The zero-order valence-electron chi connectivity index (χ0n) is 12.0. The summed E-state index contributed by atoms with van der Waals surface area (Å²) in [7, 11) is 0. The maximum atomic E-state index is 5.82. The Balaban J connectivity index is 2.16. The van der Waals surface area contributed by atoms with Crippen molar-refractivity contribution in [2.45, 2.75) is 46.5 Å². The van der Waals surface area contributed by atoms with Crippen molar-refractivity contribution in [3.05, 3.63) is 22.9 Å². The number of nitrogens with zero attached hydrogens (tertiary/aromatic N) is 1. The first-order valence-corrected chi connectivity index (χ1v) is 7.34. The van der Waals surface area contributed by atoms with Gasteiger partial charge in [-0.1, -0.05) is 33.0 Å². The van der Waals surface area contributed by atoms with Crippen LogP contribution in [0.3, 0.4) is 0 Å². The van der Waals surface area contributed by atoms with E-state index >= 15 is 0 Å². The highest BCUT2D eigenvalue weighted by Crippen LogP contribution is 2.26. The van der Waals surface area contributed by atoms with Crippen LogP contribution in [0.1, 0.15) is 50.4 Å². The number of rotatable bonds is 4. The number of nitrogens with two attached hydrogens (primary N) is 1. The van der Waals surface area contributed by atoms with E-state index in [9.17, 15) is 0 Å². The Bertz CT molecular complexity index is 489. The topological polar surface area (TPSA) is 50.9 Å². The van der Waals surface area contributed by atoms with Crippen LogP contribution in [0.5, 0.6) is 0 Å². The lowest BCUT2D eigenvalue weighted by Crippen LogP contribution is -2.18. The van der Waals surface area contributed by atoms with Gasteiger partial charge < -0.3 is 11.1 Å². The number of fused-ring (bicyclic) bond motifs is 1. The summed E-state index contributed by atoms with van der Waals surface area (Å²) in [6.07, 6.45) is 4.44. The molecule has 0 aliphatic heterocycles. The molecule has 3 nitrogen and oxygen atoms in total. The van der Waals surface area contributed by atoms with E-state index < -0.39 is 0 Å². The zero-order valence-corrected chi connectivity index (χ0v) is 12.9. The van der Waals surface area contributed by atoms with Gasteiger partial charge in [-0.05, 0) is 42.7 Å². The fraction of sp³-hybridized carbons (Fsp3) is 0.600. The van der Waals surface area contributed by atoms with Gasteiger partial charge in [-0.2, -0.15) is 0 Å². The lowest BCUT2D eigenvalue weighted by atomic mass is 9.92. The first kappa shape index (κ1) is 14.3. The van der Waals surface area contributed by atoms with E-state index in [1.807, 2.05) is 0 Å². The van der Waals surface area contributed by atoms with Gasteiger partial charge in [0.25, 0.3) is 0 Å². The average molecular weight is 277 g/mol. The second-order valence-corrected chi connectivity index (χ2v) is 6.89. The van der Waals surface area contributed by atoms with Crippen molar-refractivity contribution in [3.8, 4) is 0 Å². The summed E-state index contributed by atoms with van der Waals surface area (Å²) in [6, 6.07) is 2.12. The van der Waals surface area contributed by atoms with Crippen LogP contribution in [0.4, 0.5) is 5.82 Å². The van der Waals surface area contributed by atoms with Gasteiger partial charge in [0.15, 0.2) is 0 Å². The molecule has 1 heterocycles. The standard InChI is InChI=1S/C15H23N3S/c1-15(2,3)7-8-17-14-11(13(16)19)9-10-5-4-6-12(10)18-14/h9H,4-8H2,1-3H3,(H2,16,19)(H,17,18). The summed E-state index contributed by atoms with van der Waals surface area (Å²) in [4.78, 5) is 5.15. The first-order valence-electron chi connectivity index (χ1n) is 6.93. The van der Waals surface area contributed by atoms with E-state index in [1.165, 1.54) is 17.7 Å². The summed E-state index contributed by atoms with van der Waals surface area (Å²) >= 11 is 5.14. The molecule has 0 unspecified atom stereocenters. The number of nitrogens with one attached hydrogen (secondary N) is 1. The van der Waals surface area contributed by atoms with Crippen LogP contribution >= 0.6 is 12.2 Å². The molecule has 0 spiro atoms. The van der Waals surface area contributed by atoms with Crippen LogP contribution in [-0.4, -0.2) is 16.5 Å². The number of hydrogen-bond acceptors (Lipinski definition) is 3. The summed E-state index contributed by atoms with van der Waals surface area (Å²) in [5.74, 6) is 0.859. The lowest BCUT2D eigenvalue weighted by Gasteiger charge is -2.19. The monoisotopic (exact) mass is 277 g/mol. The predicted octanol–water partition coefficient (Wildman–Crippen LogP) is 3.05.